The molecule has 52 heavy (non-hydrogen) atoms. The van der Waals surface area contributed by atoms with E-state index >= 15 is 0 Å². The molecule has 0 aromatic heterocycles. The molecule has 4 aliphatic carbocycles. The third-order valence-electron chi connectivity index (χ3n) is 16.0. The van der Waals surface area contributed by atoms with Crippen molar-refractivity contribution in [3.05, 3.63) is 23.8 Å². The van der Waals surface area contributed by atoms with E-state index in [4.69, 9.17) is 4.74 Å². The van der Waals surface area contributed by atoms with Gasteiger partial charge in [0.25, 0.3) is 0 Å². The molecular formula is C50H88O2. The zero-order chi connectivity index (χ0) is 37.4. The van der Waals surface area contributed by atoms with Crippen molar-refractivity contribution in [2.24, 2.45) is 52.3 Å². The van der Waals surface area contributed by atoms with Crippen LogP contribution in [0.25, 0.3) is 0 Å². The molecule has 0 aromatic rings. The van der Waals surface area contributed by atoms with Gasteiger partial charge in [-0.15, -0.1) is 0 Å². The Hall–Kier alpha value is -1.05. The second-order valence-corrected chi connectivity index (χ2v) is 19.9. The average Bonchev–Trinajstić information content (AvgIpc) is 3.48. The lowest BCUT2D eigenvalue weighted by Gasteiger charge is -2.58. The Balaban J connectivity index is 1.05. The molecule has 2 nitrogen and oxygen atoms in total. The van der Waals surface area contributed by atoms with Crippen molar-refractivity contribution < 1.29 is 9.53 Å². The van der Waals surface area contributed by atoms with Gasteiger partial charge < -0.3 is 4.74 Å². The molecule has 0 unspecified atom stereocenters. The number of fused-ring (bicyclic) bond motifs is 5. The number of hydrogen-bond acceptors (Lipinski definition) is 2. The average molecular weight is 721 g/mol. The van der Waals surface area contributed by atoms with Gasteiger partial charge in [-0.2, -0.15) is 0 Å². The number of carbonyl (C=O) groups is 1. The molecule has 0 spiro atoms. The van der Waals surface area contributed by atoms with E-state index in [2.05, 4.69) is 66.7 Å². The number of carbonyl (C=O) groups excluding carboxylic acids is 1. The normalized spacial score (nSPS) is 31.2. The number of esters is 1. The van der Waals surface area contributed by atoms with Gasteiger partial charge in [-0.25, -0.2) is 0 Å². The summed E-state index contributed by atoms with van der Waals surface area (Å²) in [6.07, 6.45) is 43.9. The van der Waals surface area contributed by atoms with E-state index in [1.54, 1.807) is 5.57 Å². The standard InChI is InChI=1S/C50H88O2/c1-8-9-10-11-12-13-14-15-16-17-18-19-20-21-22-23-24-25-26-27-48(51)52-43-34-36-49(6)42(38-43)30-31-44-46-33-32-45(50(46,7)37-35-47(44)49)41(5)29-28-40(4)39(2)3/h15-16,30,39-41,43-47H,8-14,17-29,31-38H2,1-7H3/b16-15+/t40-,41-,43+,44+,45-,46+,47+,49+,50-/m1/s1. The van der Waals surface area contributed by atoms with E-state index in [0.29, 0.717) is 17.3 Å². The zero-order valence-corrected chi connectivity index (χ0v) is 36.0. The molecular weight excluding hydrogens is 633 g/mol. The third kappa shape index (κ3) is 12.5. The Morgan fingerprint density at radius 3 is 2.00 bits per heavy atom. The molecule has 0 saturated heterocycles. The lowest BCUT2D eigenvalue weighted by Crippen LogP contribution is -2.51. The SMILES string of the molecule is CCCCCCCC/C=C/CCCCCCCCCCCC(=O)O[C@H]1CC[C@@]2(C)C(=CC[C@H]3[C@@H]4CC[C@H]([C@H](C)CC[C@@H](C)C(C)C)[C@@]4(C)CC[C@@H]32)C1. The number of ether oxygens (including phenoxy) is 1. The molecule has 0 amide bonds. The predicted octanol–water partition coefficient (Wildman–Crippen LogP) is 15.8. The highest BCUT2D eigenvalue weighted by atomic mass is 16.5. The first kappa shape index (κ1) is 43.7. The Kier molecular flexibility index (Phi) is 18.9. The molecule has 0 aliphatic heterocycles. The van der Waals surface area contributed by atoms with E-state index < -0.39 is 0 Å². The third-order valence-corrected chi connectivity index (χ3v) is 16.0. The van der Waals surface area contributed by atoms with E-state index in [9.17, 15) is 4.79 Å². The van der Waals surface area contributed by atoms with Crippen molar-refractivity contribution in [3.8, 4) is 0 Å². The van der Waals surface area contributed by atoms with Crippen LogP contribution in [0.2, 0.25) is 0 Å². The van der Waals surface area contributed by atoms with Crippen LogP contribution >= 0.6 is 0 Å². The first-order valence-electron chi connectivity index (χ1n) is 23.6. The van der Waals surface area contributed by atoms with E-state index in [-0.39, 0.29) is 12.1 Å². The topological polar surface area (TPSA) is 26.3 Å². The molecule has 3 fully saturated rings. The summed E-state index contributed by atoms with van der Waals surface area (Å²) < 4.78 is 6.15. The Morgan fingerprint density at radius 2 is 1.37 bits per heavy atom. The van der Waals surface area contributed by atoms with E-state index in [1.807, 2.05) is 0 Å². The number of allylic oxidation sites excluding steroid dienone is 3. The molecule has 9 atom stereocenters. The minimum Gasteiger partial charge on any atom is -0.462 e. The lowest BCUT2D eigenvalue weighted by atomic mass is 9.47. The highest BCUT2D eigenvalue weighted by Gasteiger charge is 2.59. The maximum atomic E-state index is 12.9. The van der Waals surface area contributed by atoms with E-state index in [0.717, 1.165) is 60.7 Å². The van der Waals surface area contributed by atoms with Gasteiger partial charge in [0.05, 0.1) is 0 Å². The number of rotatable bonds is 25. The van der Waals surface area contributed by atoms with Crippen molar-refractivity contribution in [2.45, 2.75) is 234 Å². The molecule has 4 rings (SSSR count). The molecule has 300 valence electrons. The van der Waals surface area contributed by atoms with Gasteiger partial charge in [0.2, 0.25) is 0 Å². The van der Waals surface area contributed by atoms with Gasteiger partial charge in [0.15, 0.2) is 0 Å². The Labute approximate surface area is 324 Å². The van der Waals surface area contributed by atoms with Gasteiger partial charge in [-0.05, 0) is 129 Å². The molecule has 3 saturated carbocycles. The fourth-order valence-corrected chi connectivity index (χ4v) is 12.1. The van der Waals surface area contributed by atoms with Crippen LogP contribution in [0.3, 0.4) is 0 Å². The van der Waals surface area contributed by atoms with Crippen LogP contribution in [-0.4, -0.2) is 12.1 Å². The smallest absolute Gasteiger partial charge is 0.306 e. The van der Waals surface area contributed by atoms with E-state index in [1.165, 1.54) is 154 Å². The van der Waals surface area contributed by atoms with Crippen molar-refractivity contribution in [1.82, 2.24) is 0 Å². The van der Waals surface area contributed by atoms with Crippen molar-refractivity contribution in [2.75, 3.05) is 0 Å². The van der Waals surface area contributed by atoms with Crippen LogP contribution < -0.4 is 0 Å². The summed E-state index contributed by atoms with van der Waals surface area (Å²) in [6, 6.07) is 0. The monoisotopic (exact) mass is 721 g/mol. The number of unbranched alkanes of at least 4 members (excludes halogenated alkanes) is 15. The zero-order valence-electron chi connectivity index (χ0n) is 36.0. The highest BCUT2D eigenvalue weighted by Crippen LogP contribution is 2.67. The summed E-state index contributed by atoms with van der Waals surface area (Å²) in [6.45, 7) is 17.5. The first-order chi connectivity index (χ1) is 25.1. The van der Waals surface area contributed by atoms with Gasteiger partial charge in [-0.1, -0.05) is 162 Å². The fourth-order valence-electron chi connectivity index (χ4n) is 12.1. The van der Waals surface area contributed by atoms with Crippen molar-refractivity contribution in [3.63, 3.8) is 0 Å². The molecule has 0 radical (unpaired) electrons. The molecule has 0 aromatic carbocycles. The molecule has 4 aliphatic rings. The molecule has 0 bridgehead atoms. The summed E-state index contributed by atoms with van der Waals surface area (Å²) >= 11 is 0. The lowest BCUT2D eigenvalue weighted by molar-refractivity contribution is -0.151. The highest BCUT2D eigenvalue weighted by molar-refractivity contribution is 5.69. The van der Waals surface area contributed by atoms with Crippen LogP contribution in [0.4, 0.5) is 0 Å². The van der Waals surface area contributed by atoms with Crippen LogP contribution in [0.15, 0.2) is 23.8 Å². The predicted molar refractivity (Wildman–Crippen MR) is 225 cm³/mol. The number of hydrogen-bond donors (Lipinski definition) is 0. The van der Waals surface area contributed by atoms with Gasteiger partial charge in [-0.3, -0.25) is 4.79 Å². The van der Waals surface area contributed by atoms with Crippen molar-refractivity contribution >= 4 is 5.97 Å². The maximum Gasteiger partial charge on any atom is 0.306 e. The van der Waals surface area contributed by atoms with Crippen LogP contribution in [0.1, 0.15) is 228 Å². The largest absolute Gasteiger partial charge is 0.462 e. The minimum atomic E-state index is 0.0613. The Bertz CT molecular complexity index is 1070. The van der Waals surface area contributed by atoms with Crippen LogP contribution in [-0.2, 0) is 9.53 Å². The second kappa shape index (κ2) is 22.5. The second-order valence-electron chi connectivity index (χ2n) is 19.9. The van der Waals surface area contributed by atoms with Gasteiger partial charge in [0.1, 0.15) is 6.10 Å². The summed E-state index contributed by atoms with van der Waals surface area (Å²) in [4.78, 5) is 12.9. The first-order valence-corrected chi connectivity index (χ1v) is 23.6. The minimum absolute atomic E-state index is 0.0613. The van der Waals surface area contributed by atoms with Crippen LogP contribution in [0, 0.1) is 52.3 Å². The summed E-state index contributed by atoms with van der Waals surface area (Å²) in [7, 11) is 0. The Morgan fingerprint density at radius 1 is 0.750 bits per heavy atom. The molecule has 2 heteroatoms. The quantitative estimate of drug-likeness (QED) is 0.0533. The molecule has 0 N–H and O–H groups in total. The maximum absolute atomic E-state index is 12.9. The van der Waals surface area contributed by atoms with Gasteiger partial charge >= 0.3 is 5.97 Å². The van der Waals surface area contributed by atoms with Gasteiger partial charge in [0, 0.05) is 12.8 Å². The summed E-state index contributed by atoms with van der Waals surface area (Å²) in [5.41, 5.74) is 2.51. The van der Waals surface area contributed by atoms with Crippen LogP contribution in [0.5, 0.6) is 0 Å². The summed E-state index contributed by atoms with van der Waals surface area (Å²) in [5.74, 6) is 6.09. The fraction of sp³-hybridized carbons (Fsp3) is 0.900. The molecule has 0 heterocycles. The summed E-state index contributed by atoms with van der Waals surface area (Å²) in [5, 5.41) is 0. The van der Waals surface area contributed by atoms with Crippen molar-refractivity contribution in [1.29, 1.82) is 0 Å².